The van der Waals surface area contributed by atoms with Gasteiger partial charge < -0.3 is 4.74 Å². The summed E-state index contributed by atoms with van der Waals surface area (Å²) < 4.78 is 32.6. The zero-order valence-electron chi connectivity index (χ0n) is 12.2. The van der Waals surface area contributed by atoms with E-state index in [1.807, 2.05) is 12.1 Å². The van der Waals surface area contributed by atoms with E-state index < -0.39 is 10.0 Å². The van der Waals surface area contributed by atoms with Gasteiger partial charge in [0.25, 0.3) is 0 Å². The van der Waals surface area contributed by atoms with E-state index in [-0.39, 0.29) is 17.5 Å². The molecule has 0 N–H and O–H groups in total. The van der Waals surface area contributed by atoms with Gasteiger partial charge in [0.05, 0.1) is 17.6 Å². The molecule has 0 spiro atoms. The smallest absolute Gasteiger partial charge is 0.243 e. The first-order valence-corrected chi connectivity index (χ1v) is 9.29. The summed E-state index contributed by atoms with van der Waals surface area (Å²) in [5.74, 6) is 0. The van der Waals surface area contributed by atoms with Crippen LogP contribution in [0.15, 0.2) is 53.4 Å². The van der Waals surface area contributed by atoms with Gasteiger partial charge in [0, 0.05) is 23.1 Å². The molecule has 23 heavy (non-hydrogen) atoms. The molecular weight excluding hydrogens is 357 g/mol. The highest BCUT2D eigenvalue weighted by Gasteiger charge is 2.31. The molecule has 0 aliphatic carbocycles. The van der Waals surface area contributed by atoms with Gasteiger partial charge in [0.15, 0.2) is 0 Å². The molecule has 0 saturated carbocycles. The van der Waals surface area contributed by atoms with E-state index in [1.165, 1.54) is 16.4 Å². The molecule has 3 rings (SSSR count). The molecule has 0 amide bonds. The van der Waals surface area contributed by atoms with Crippen molar-refractivity contribution in [1.29, 1.82) is 0 Å². The average molecular weight is 372 g/mol. The number of ether oxygens (including phenoxy) is 1. The maximum atomic E-state index is 12.7. The lowest BCUT2D eigenvalue weighted by atomic mass is 10.1. The molecule has 2 aromatic rings. The van der Waals surface area contributed by atoms with Crippen molar-refractivity contribution >= 4 is 33.2 Å². The van der Waals surface area contributed by atoms with Gasteiger partial charge in [-0.05, 0) is 42.0 Å². The Morgan fingerprint density at radius 2 is 1.78 bits per heavy atom. The van der Waals surface area contributed by atoms with Gasteiger partial charge in [0.1, 0.15) is 0 Å². The molecule has 1 unspecified atom stereocenters. The monoisotopic (exact) mass is 371 g/mol. The van der Waals surface area contributed by atoms with Crippen molar-refractivity contribution in [2.24, 2.45) is 0 Å². The van der Waals surface area contributed by atoms with Crippen LogP contribution in [0.3, 0.4) is 0 Å². The number of rotatable bonds is 3. The van der Waals surface area contributed by atoms with E-state index in [0.29, 0.717) is 23.2 Å². The minimum Gasteiger partial charge on any atom is -0.371 e. The van der Waals surface area contributed by atoms with Crippen LogP contribution in [0.2, 0.25) is 10.0 Å². The zero-order valence-corrected chi connectivity index (χ0v) is 14.5. The molecule has 1 atom stereocenters. The first-order chi connectivity index (χ1) is 11.0. The lowest BCUT2D eigenvalue weighted by molar-refractivity contribution is -0.00255. The third kappa shape index (κ3) is 3.70. The summed E-state index contributed by atoms with van der Waals surface area (Å²) in [5, 5.41) is 1.10. The fraction of sp³-hybridized carbons (Fsp3) is 0.250. The Bertz CT molecular complexity index is 793. The molecule has 1 aliphatic rings. The first kappa shape index (κ1) is 16.7. The van der Waals surface area contributed by atoms with Crippen molar-refractivity contribution in [1.82, 2.24) is 4.31 Å². The SMILES string of the molecule is O=S(=O)(c1ccc(Cl)cc1)N1CCOC(c2cccc(Cl)c2)C1. The van der Waals surface area contributed by atoms with Crippen LogP contribution >= 0.6 is 23.2 Å². The molecule has 0 bridgehead atoms. The van der Waals surface area contributed by atoms with E-state index >= 15 is 0 Å². The fourth-order valence-corrected chi connectivity index (χ4v) is 4.26. The molecule has 0 radical (unpaired) electrons. The second-order valence-electron chi connectivity index (χ2n) is 5.23. The van der Waals surface area contributed by atoms with E-state index in [0.717, 1.165) is 5.56 Å². The Balaban J connectivity index is 1.84. The van der Waals surface area contributed by atoms with Crippen molar-refractivity contribution < 1.29 is 13.2 Å². The summed E-state index contributed by atoms with van der Waals surface area (Å²) in [6, 6.07) is 13.5. The maximum absolute atomic E-state index is 12.7. The molecule has 7 heteroatoms. The van der Waals surface area contributed by atoms with Crippen molar-refractivity contribution in [3.63, 3.8) is 0 Å². The topological polar surface area (TPSA) is 46.6 Å². The van der Waals surface area contributed by atoms with E-state index in [9.17, 15) is 8.42 Å². The van der Waals surface area contributed by atoms with Crippen LogP contribution in [-0.2, 0) is 14.8 Å². The number of halogens is 2. The molecule has 122 valence electrons. The third-order valence-corrected chi connectivity index (χ3v) is 6.07. The zero-order chi connectivity index (χ0) is 16.4. The van der Waals surface area contributed by atoms with Gasteiger partial charge in [-0.3, -0.25) is 0 Å². The predicted octanol–water partition coefficient (Wildman–Crippen LogP) is 3.76. The van der Waals surface area contributed by atoms with Crippen LogP contribution in [0.1, 0.15) is 11.7 Å². The van der Waals surface area contributed by atoms with E-state index in [4.69, 9.17) is 27.9 Å². The molecule has 1 aliphatic heterocycles. The van der Waals surface area contributed by atoms with Gasteiger partial charge in [-0.25, -0.2) is 8.42 Å². The number of morpholine rings is 1. The Morgan fingerprint density at radius 3 is 2.48 bits per heavy atom. The minimum atomic E-state index is -3.57. The average Bonchev–Trinajstić information content (AvgIpc) is 2.55. The van der Waals surface area contributed by atoms with Crippen LogP contribution in [0.25, 0.3) is 0 Å². The van der Waals surface area contributed by atoms with Crippen LogP contribution in [0.4, 0.5) is 0 Å². The Hall–Kier alpha value is -1.11. The highest BCUT2D eigenvalue weighted by Crippen LogP contribution is 2.28. The molecule has 1 heterocycles. The molecule has 0 aromatic heterocycles. The van der Waals surface area contributed by atoms with E-state index in [1.54, 1.807) is 24.3 Å². The third-order valence-electron chi connectivity index (χ3n) is 3.70. The Kier molecular flexibility index (Phi) is 4.94. The lowest BCUT2D eigenvalue weighted by Crippen LogP contribution is -2.42. The maximum Gasteiger partial charge on any atom is 0.243 e. The first-order valence-electron chi connectivity index (χ1n) is 7.09. The quantitative estimate of drug-likeness (QED) is 0.824. The summed E-state index contributed by atoms with van der Waals surface area (Å²) in [6.07, 6.45) is -0.329. The van der Waals surface area contributed by atoms with Gasteiger partial charge in [0.2, 0.25) is 10.0 Å². The molecule has 1 saturated heterocycles. The lowest BCUT2D eigenvalue weighted by Gasteiger charge is -2.32. The summed E-state index contributed by atoms with van der Waals surface area (Å²) in [6.45, 7) is 0.914. The van der Waals surface area contributed by atoms with Crippen molar-refractivity contribution in [2.45, 2.75) is 11.0 Å². The van der Waals surface area contributed by atoms with Crippen LogP contribution in [0.5, 0.6) is 0 Å². The molecular formula is C16H15Cl2NO3S. The highest BCUT2D eigenvalue weighted by molar-refractivity contribution is 7.89. The van der Waals surface area contributed by atoms with Gasteiger partial charge in [-0.1, -0.05) is 35.3 Å². The summed E-state index contributed by atoms with van der Waals surface area (Å²) in [7, 11) is -3.57. The van der Waals surface area contributed by atoms with Gasteiger partial charge >= 0.3 is 0 Å². The van der Waals surface area contributed by atoms with E-state index in [2.05, 4.69) is 0 Å². The van der Waals surface area contributed by atoms with Crippen LogP contribution in [0, 0.1) is 0 Å². The van der Waals surface area contributed by atoms with Gasteiger partial charge in [-0.15, -0.1) is 0 Å². The molecule has 2 aromatic carbocycles. The standard InChI is InChI=1S/C16H15Cl2NO3S/c17-13-4-6-15(7-5-13)23(20,21)19-8-9-22-16(11-19)12-2-1-3-14(18)10-12/h1-7,10,16H,8-9,11H2. The fourth-order valence-electron chi connectivity index (χ4n) is 2.51. The summed E-state index contributed by atoms with van der Waals surface area (Å²) >= 11 is 11.8. The van der Waals surface area contributed by atoms with Crippen molar-refractivity contribution in [3.8, 4) is 0 Å². The van der Waals surface area contributed by atoms with Crippen LogP contribution in [-0.4, -0.2) is 32.4 Å². The highest BCUT2D eigenvalue weighted by atomic mass is 35.5. The number of sulfonamides is 1. The number of hydrogen-bond donors (Lipinski definition) is 0. The Morgan fingerprint density at radius 1 is 1.04 bits per heavy atom. The largest absolute Gasteiger partial charge is 0.371 e. The second kappa shape index (κ2) is 6.79. The number of hydrogen-bond acceptors (Lipinski definition) is 3. The Labute approximate surface area is 145 Å². The molecule has 4 nitrogen and oxygen atoms in total. The second-order valence-corrected chi connectivity index (χ2v) is 8.04. The summed E-state index contributed by atoms with van der Waals surface area (Å²) in [4.78, 5) is 0.230. The van der Waals surface area contributed by atoms with Gasteiger partial charge in [-0.2, -0.15) is 4.31 Å². The summed E-state index contributed by atoms with van der Waals surface area (Å²) in [5.41, 5.74) is 0.869. The number of benzene rings is 2. The van der Waals surface area contributed by atoms with Crippen LogP contribution < -0.4 is 0 Å². The molecule has 1 fully saturated rings. The van der Waals surface area contributed by atoms with Crippen molar-refractivity contribution in [3.05, 3.63) is 64.1 Å². The van der Waals surface area contributed by atoms with Crippen molar-refractivity contribution in [2.75, 3.05) is 19.7 Å². The minimum absolute atomic E-state index is 0.230. The normalized spacial score (nSPS) is 19.7. The number of nitrogens with zero attached hydrogens (tertiary/aromatic N) is 1. The predicted molar refractivity (Wildman–Crippen MR) is 90.4 cm³/mol.